The number of piperazine rings is 1. The number of hydrogen-bond acceptors (Lipinski definition) is 5. The molecule has 1 atom stereocenters. The van der Waals surface area contributed by atoms with Gasteiger partial charge >= 0.3 is 0 Å². The minimum Gasteiger partial charge on any atom is -0.497 e. The van der Waals surface area contributed by atoms with Gasteiger partial charge in [0.1, 0.15) is 5.75 Å². The molecule has 1 aromatic rings. The van der Waals surface area contributed by atoms with Crippen LogP contribution < -0.4 is 4.74 Å². The first-order chi connectivity index (χ1) is 11.7. The number of carbonyl (C=O) groups is 1. The highest BCUT2D eigenvalue weighted by molar-refractivity contribution is 5.79. The molecular weight excluding hydrogens is 308 g/mol. The second kappa shape index (κ2) is 8.46. The first-order valence-electron chi connectivity index (χ1n) is 8.57. The van der Waals surface area contributed by atoms with E-state index in [0.717, 1.165) is 37.4 Å². The lowest BCUT2D eigenvalue weighted by atomic mass is 10.1. The third kappa shape index (κ3) is 4.69. The van der Waals surface area contributed by atoms with Crippen LogP contribution in [0.1, 0.15) is 12.0 Å². The Balaban J connectivity index is 1.45. The summed E-state index contributed by atoms with van der Waals surface area (Å²) in [4.78, 5) is 16.5. The van der Waals surface area contributed by atoms with Crippen LogP contribution in [0.5, 0.6) is 5.75 Å². The molecule has 6 nitrogen and oxygen atoms in total. The number of amides is 1. The molecule has 2 fully saturated rings. The third-order valence-corrected chi connectivity index (χ3v) is 4.56. The van der Waals surface area contributed by atoms with Crippen LogP contribution in [0.2, 0.25) is 0 Å². The van der Waals surface area contributed by atoms with E-state index in [-0.39, 0.29) is 12.0 Å². The van der Waals surface area contributed by atoms with E-state index in [4.69, 9.17) is 14.2 Å². The normalized spacial score (nSPS) is 22.6. The van der Waals surface area contributed by atoms with Gasteiger partial charge in [0, 0.05) is 26.2 Å². The lowest BCUT2D eigenvalue weighted by Crippen LogP contribution is -2.50. The summed E-state index contributed by atoms with van der Waals surface area (Å²) in [6.45, 7) is 5.72. The number of ether oxygens (including phenoxy) is 3. The Labute approximate surface area is 143 Å². The Kier molecular flexibility index (Phi) is 6.07. The molecule has 6 heteroatoms. The molecule has 0 spiro atoms. The third-order valence-electron chi connectivity index (χ3n) is 4.56. The van der Waals surface area contributed by atoms with Crippen molar-refractivity contribution in [3.63, 3.8) is 0 Å². The molecule has 0 aliphatic carbocycles. The zero-order valence-corrected chi connectivity index (χ0v) is 14.3. The van der Waals surface area contributed by atoms with Crippen LogP contribution in [0.4, 0.5) is 0 Å². The molecule has 0 radical (unpaired) electrons. The first kappa shape index (κ1) is 17.2. The topological polar surface area (TPSA) is 51.2 Å². The summed E-state index contributed by atoms with van der Waals surface area (Å²) in [5.41, 5.74) is 1.10. The number of nitrogens with zero attached hydrogens (tertiary/aromatic N) is 2. The van der Waals surface area contributed by atoms with Gasteiger partial charge in [0.05, 0.1) is 39.6 Å². The maximum atomic E-state index is 12.4. The molecule has 3 rings (SSSR count). The molecule has 2 aliphatic rings. The summed E-state index contributed by atoms with van der Waals surface area (Å²) in [6, 6.07) is 7.89. The second-order valence-electron chi connectivity index (χ2n) is 6.30. The predicted molar refractivity (Wildman–Crippen MR) is 90.0 cm³/mol. The van der Waals surface area contributed by atoms with E-state index < -0.39 is 0 Å². The van der Waals surface area contributed by atoms with Crippen LogP contribution in [0, 0.1) is 0 Å². The quantitative estimate of drug-likeness (QED) is 0.781. The Bertz CT molecular complexity index is 546. The van der Waals surface area contributed by atoms with Crippen LogP contribution in [0.15, 0.2) is 24.3 Å². The molecule has 0 bridgehead atoms. The Morgan fingerprint density at radius 2 is 2.21 bits per heavy atom. The van der Waals surface area contributed by atoms with Crippen molar-refractivity contribution in [2.45, 2.75) is 19.1 Å². The van der Waals surface area contributed by atoms with E-state index in [9.17, 15) is 4.79 Å². The predicted octanol–water partition coefficient (Wildman–Crippen LogP) is 1.14. The van der Waals surface area contributed by atoms with Crippen molar-refractivity contribution >= 4 is 5.91 Å². The van der Waals surface area contributed by atoms with Gasteiger partial charge in [-0.2, -0.15) is 0 Å². The van der Waals surface area contributed by atoms with Gasteiger partial charge in [-0.15, -0.1) is 0 Å². The van der Waals surface area contributed by atoms with Crippen molar-refractivity contribution < 1.29 is 19.0 Å². The van der Waals surface area contributed by atoms with Crippen LogP contribution >= 0.6 is 0 Å². The van der Waals surface area contributed by atoms with Crippen LogP contribution in [0.25, 0.3) is 0 Å². The van der Waals surface area contributed by atoms with Gasteiger partial charge in [-0.25, -0.2) is 0 Å². The van der Waals surface area contributed by atoms with Gasteiger partial charge in [0.25, 0.3) is 0 Å². The largest absolute Gasteiger partial charge is 0.497 e. The average Bonchev–Trinajstić information content (AvgIpc) is 2.63. The van der Waals surface area contributed by atoms with Crippen molar-refractivity contribution in [3.05, 3.63) is 29.8 Å². The molecule has 1 amide bonds. The summed E-state index contributed by atoms with van der Waals surface area (Å²) in [5.74, 6) is 1.01. The van der Waals surface area contributed by atoms with Gasteiger partial charge in [0.15, 0.2) is 0 Å². The van der Waals surface area contributed by atoms with Crippen LogP contribution in [0.3, 0.4) is 0 Å². The number of hydrogen-bond donors (Lipinski definition) is 0. The van der Waals surface area contributed by atoms with Crippen molar-refractivity contribution in [2.75, 3.05) is 53.1 Å². The summed E-state index contributed by atoms with van der Waals surface area (Å²) < 4.78 is 16.3. The van der Waals surface area contributed by atoms with E-state index in [0.29, 0.717) is 32.9 Å². The Morgan fingerprint density at radius 3 is 2.96 bits per heavy atom. The summed E-state index contributed by atoms with van der Waals surface area (Å²) in [6.07, 6.45) is 1.09. The molecular formula is C18H26N2O4. The number of rotatable bonds is 6. The van der Waals surface area contributed by atoms with Crippen LogP contribution in [-0.4, -0.2) is 74.9 Å². The molecule has 24 heavy (non-hydrogen) atoms. The highest BCUT2D eigenvalue weighted by atomic mass is 16.6. The SMILES string of the molecule is COc1cccc(CN2CCN(CCC3COCCO3)CC2=O)c1. The fourth-order valence-corrected chi connectivity index (χ4v) is 3.14. The van der Waals surface area contributed by atoms with Crippen LogP contribution in [-0.2, 0) is 20.8 Å². The number of carbonyl (C=O) groups excluding carboxylic acids is 1. The monoisotopic (exact) mass is 334 g/mol. The summed E-state index contributed by atoms with van der Waals surface area (Å²) >= 11 is 0. The molecule has 132 valence electrons. The smallest absolute Gasteiger partial charge is 0.237 e. The van der Waals surface area contributed by atoms with Gasteiger partial charge in [-0.1, -0.05) is 12.1 Å². The zero-order valence-electron chi connectivity index (χ0n) is 14.3. The molecule has 1 unspecified atom stereocenters. The van der Waals surface area contributed by atoms with Gasteiger partial charge in [0.2, 0.25) is 5.91 Å². The van der Waals surface area contributed by atoms with Crippen molar-refractivity contribution in [1.82, 2.24) is 9.80 Å². The zero-order chi connectivity index (χ0) is 16.8. The van der Waals surface area contributed by atoms with E-state index in [1.54, 1.807) is 7.11 Å². The number of benzene rings is 1. The first-order valence-corrected chi connectivity index (χ1v) is 8.57. The van der Waals surface area contributed by atoms with E-state index in [2.05, 4.69) is 4.90 Å². The van der Waals surface area contributed by atoms with Crippen molar-refractivity contribution in [1.29, 1.82) is 0 Å². The minimum atomic E-state index is 0.170. The van der Waals surface area contributed by atoms with Gasteiger partial charge in [-0.3, -0.25) is 9.69 Å². The maximum Gasteiger partial charge on any atom is 0.237 e. The minimum absolute atomic E-state index is 0.170. The highest BCUT2D eigenvalue weighted by Crippen LogP contribution is 2.16. The van der Waals surface area contributed by atoms with E-state index >= 15 is 0 Å². The van der Waals surface area contributed by atoms with Crippen molar-refractivity contribution in [2.24, 2.45) is 0 Å². The molecule has 0 N–H and O–H groups in total. The second-order valence-corrected chi connectivity index (χ2v) is 6.30. The standard InChI is InChI=1S/C18H26N2O4/c1-22-16-4-2-3-15(11-16)12-20-8-7-19(13-18(20)21)6-5-17-14-23-9-10-24-17/h2-4,11,17H,5-10,12-14H2,1H3. The van der Waals surface area contributed by atoms with E-state index in [1.807, 2.05) is 29.2 Å². The maximum absolute atomic E-state index is 12.4. The summed E-state index contributed by atoms with van der Waals surface area (Å²) in [5, 5.41) is 0. The average molecular weight is 334 g/mol. The molecule has 2 heterocycles. The molecule has 0 aromatic heterocycles. The molecule has 1 aromatic carbocycles. The lowest BCUT2D eigenvalue weighted by molar-refractivity contribution is -0.137. The van der Waals surface area contributed by atoms with Crippen molar-refractivity contribution in [3.8, 4) is 5.75 Å². The Morgan fingerprint density at radius 1 is 1.29 bits per heavy atom. The molecule has 0 saturated carbocycles. The molecule has 2 aliphatic heterocycles. The molecule has 2 saturated heterocycles. The Hall–Kier alpha value is -1.63. The lowest BCUT2D eigenvalue weighted by Gasteiger charge is -2.35. The van der Waals surface area contributed by atoms with Gasteiger partial charge in [-0.05, 0) is 24.1 Å². The van der Waals surface area contributed by atoms with E-state index in [1.165, 1.54) is 0 Å². The highest BCUT2D eigenvalue weighted by Gasteiger charge is 2.25. The van der Waals surface area contributed by atoms with Gasteiger partial charge < -0.3 is 19.1 Å². The fourth-order valence-electron chi connectivity index (χ4n) is 3.14. The number of methoxy groups -OCH3 is 1. The fraction of sp³-hybridized carbons (Fsp3) is 0.611. The summed E-state index contributed by atoms with van der Waals surface area (Å²) in [7, 11) is 1.66.